The molecule has 4 rings (SSSR count). The van der Waals surface area contributed by atoms with Crippen molar-refractivity contribution in [1.29, 1.82) is 0 Å². The van der Waals surface area contributed by atoms with Crippen molar-refractivity contribution in [3.8, 4) is 0 Å². The molecule has 0 unspecified atom stereocenters. The van der Waals surface area contributed by atoms with Crippen LogP contribution in [0.15, 0.2) is 102 Å². The van der Waals surface area contributed by atoms with Crippen LogP contribution >= 0.6 is 11.6 Å². The number of carbonyl (C=O) groups excluding carboxylic acids is 1. The standard InChI is InChI=1S/C25H19ClN2O/c1-18-24(25(29)28(27-18)22-10-6-3-7-11-22)23(20-8-4-2-5-9-20)17-14-19-12-15-21(26)16-13-19/h2-17H,1H3/b17-14+,24-23+. The third kappa shape index (κ3) is 4.05. The molecule has 0 bridgehead atoms. The summed E-state index contributed by atoms with van der Waals surface area (Å²) in [6, 6.07) is 26.9. The lowest BCUT2D eigenvalue weighted by Crippen LogP contribution is -2.21. The number of amides is 1. The minimum atomic E-state index is -0.131. The van der Waals surface area contributed by atoms with Crippen LogP contribution in [-0.4, -0.2) is 11.6 Å². The van der Waals surface area contributed by atoms with Crippen molar-refractivity contribution in [2.45, 2.75) is 6.92 Å². The lowest BCUT2D eigenvalue weighted by Gasteiger charge is -2.12. The van der Waals surface area contributed by atoms with Crippen LogP contribution in [0.3, 0.4) is 0 Å². The smallest absolute Gasteiger partial charge is 0.267 e. The maximum absolute atomic E-state index is 13.3. The number of hydrogen-bond donors (Lipinski definition) is 0. The summed E-state index contributed by atoms with van der Waals surface area (Å²) in [5.41, 5.74) is 4.85. The van der Waals surface area contributed by atoms with E-state index in [2.05, 4.69) is 5.10 Å². The van der Waals surface area contributed by atoms with E-state index in [0.29, 0.717) is 16.3 Å². The molecule has 1 heterocycles. The van der Waals surface area contributed by atoms with Crippen LogP contribution in [0, 0.1) is 0 Å². The zero-order chi connectivity index (χ0) is 20.2. The maximum Gasteiger partial charge on any atom is 0.281 e. The fourth-order valence-electron chi connectivity index (χ4n) is 3.26. The van der Waals surface area contributed by atoms with Crippen LogP contribution in [0.2, 0.25) is 5.02 Å². The number of benzene rings is 3. The summed E-state index contributed by atoms with van der Waals surface area (Å²) in [6.45, 7) is 1.87. The zero-order valence-electron chi connectivity index (χ0n) is 15.9. The van der Waals surface area contributed by atoms with Crippen LogP contribution in [-0.2, 0) is 4.79 Å². The van der Waals surface area contributed by atoms with E-state index in [1.54, 1.807) is 0 Å². The quantitative estimate of drug-likeness (QED) is 0.479. The van der Waals surface area contributed by atoms with Gasteiger partial charge < -0.3 is 0 Å². The van der Waals surface area contributed by atoms with E-state index in [-0.39, 0.29) is 5.91 Å². The summed E-state index contributed by atoms with van der Waals surface area (Å²) in [4.78, 5) is 13.3. The Morgan fingerprint density at radius 2 is 1.52 bits per heavy atom. The third-order valence-electron chi connectivity index (χ3n) is 4.69. The van der Waals surface area contributed by atoms with Gasteiger partial charge in [-0.15, -0.1) is 0 Å². The molecule has 0 spiro atoms. The number of nitrogens with zero attached hydrogens (tertiary/aromatic N) is 2. The molecule has 0 aromatic heterocycles. The molecular weight excluding hydrogens is 380 g/mol. The number of halogens is 1. The van der Waals surface area contributed by atoms with Gasteiger partial charge >= 0.3 is 0 Å². The van der Waals surface area contributed by atoms with E-state index in [9.17, 15) is 4.79 Å². The first-order valence-corrected chi connectivity index (χ1v) is 9.70. The third-order valence-corrected chi connectivity index (χ3v) is 4.94. The van der Waals surface area contributed by atoms with E-state index in [0.717, 1.165) is 22.4 Å². The first-order chi connectivity index (χ1) is 14.1. The van der Waals surface area contributed by atoms with E-state index in [1.165, 1.54) is 5.01 Å². The van der Waals surface area contributed by atoms with Gasteiger partial charge in [0.15, 0.2) is 0 Å². The highest BCUT2D eigenvalue weighted by Crippen LogP contribution is 2.30. The number of hydrazone groups is 1. The normalized spacial score (nSPS) is 15.7. The summed E-state index contributed by atoms with van der Waals surface area (Å²) in [7, 11) is 0. The minimum absolute atomic E-state index is 0.131. The number of carbonyl (C=O) groups is 1. The van der Waals surface area contributed by atoms with Crippen LogP contribution in [0.5, 0.6) is 0 Å². The van der Waals surface area contributed by atoms with Crippen LogP contribution in [0.1, 0.15) is 18.1 Å². The van der Waals surface area contributed by atoms with Gasteiger partial charge in [-0.1, -0.05) is 84.4 Å². The van der Waals surface area contributed by atoms with Crippen LogP contribution in [0.25, 0.3) is 11.6 Å². The van der Waals surface area contributed by atoms with Crippen molar-refractivity contribution < 1.29 is 4.79 Å². The molecule has 0 N–H and O–H groups in total. The van der Waals surface area contributed by atoms with Gasteiger partial charge in [-0.2, -0.15) is 10.1 Å². The Morgan fingerprint density at radius 1 is 0.897 bits per heavy atom. The average molecular weight is 399 g/mol. The topological polar surface area (TPSA) is 32.7 Å². The van der Waals surface area contributed by atoms with Crippen molar-refractivity contribution >= 4 is 40.6 Å². The largest absolute Gasteiger partial charge is 0.281 e. The Morgan fingerprint density at radius 3 is 2.17 bits per heavy atom. The fraction of sp³-hybridized carbons (Fsp3) is 0.0400. The highest BCUT2D eigenvalue weighted by Gasteiger charge is 2.31. The summed E-state index contributed by atoms with van der Waals surface area (Å²) >= 11 is 5.99. The Kier molecular flexibility index (Phi) is 5.41. The second-order valence-electron chi connectivity index (χ2n) is 6.68. The Labute approximate surface area is 175 Å². The van der Waals surface area contributed by atoms with Crippen molar-refractivity contribution in [2.24, 2.45) is 5.10 Å². The molecule has 0 atom stereocenters. The van der Waals surface area contributed by atoms with E-state index < -0.39 is 0 Å². The van der Waals surface area contributed by atoms with Gasteiger partial charge in [-0.3, -0.25) is 4.79 Å². The molecule has 29 heavy (non-hydrogen) atoms. The predicted octanol–water partition coefficient (Wildman–Crippen LogP) is 6.23. The van der Waals surface area contributed by atoms with Crippen LogP contribution < -0.4 is 5.01 Å². The molecule has 3 nitrogen and oxygen atoms in total. The van der Waals surface area contributed by atoms with Crippen LogP contribution in [0.4, 0.5) is 5.69 Å². The molecule has 1 amide bonds. The molecule has 0 fully saturated rings. The van der Waals surface area contributed by atoms with Gasteiger partial charge in [0.2, 0.25) is 0 Å². The lowest BCUT2D eigenvalue weighted by atomic mass is 9.96. The average Bonchev–Trinajstić information content (AvgIpc) is 3.05. The highest BCUT2D eigenvalue weighted by atomic mass is 35.5. The summed E-state index contributed by atoms with van der Waals surface area (Å²) in [5, 5.41) is 6.68. The SMILES string of the molecule is CC1=NN(c2ccccc2)C(=O)/C1=C(\C=C\c1ccc(Cl)cc1)c1ccccc1. The van der Waals surface area contributed by atoms with Gasteiger partial charge in [-0.05, 0) is 47.9 Å². The number of allylic oxidation sites excluding steroid dienone is 2. The predicted molar refractivity (Wildman–Crippen MR) is 121 cm³/mol. The molecule has 0 aliphatic carbocycles. The van der Waals surface area contributed by atoms with Crippen molar-refractivity contribution in [3.05, 3.63) is 113 Å². The van der Waals surface area contributed by atoms with Gasteiger partial charge in [0, 0.05) is 5.02 Å². The van der Waals surface area contributed by atoms with E-state index >= 15 is 0 Å². The second-order valence-corrected chi connectivity index (χ2v) is 7.11. The molecule has 3 aromatic rings. The molecule has 3 aromatic carbocycles. The summed E-state index contributed by atoms with van der Waals surface area (Å²) < 4.78 is 0. The van der Waals surface area contributed by atoms with Crippen molar-refractivity contribution in [1.82, 2.24) is 0 Å². The van der Waals surface area contributed by atoms with Crippen molar-refractivity contribution in [2.75, 3.05) is 5.01 Å². The van der Waals surface area contributed by atoms with Gasteiger partial charge in [0.05, 0.1) is 17.0 Å². The van der Waals surface area contributed by atoms with Gasteiger partial charge in [0.1, 0.15) is 0 Å². The molecule has 0 radical (unpaired) electrons. The monoisotopic (exact) mass is 398 g/mol. The molecule has 0 saturated carbocycles. The van der Waals surface area contributed by atoms with Gasteiger partial charge in [0.25, 0.3) is 5.91 Å². The Balaban J connectivity index is 1.80. The number of anilines is 1. The lowest BCUT2D eigenvalue weighted by molar-refractivity contribution is -0.114. The minimum Gasteiger partial charge on any atom is -0.267 e. The number of para-hydroxylation sites is 1. The summed E-state index contributed by atoms with van der Waals surface area (Å²) in [6.07, 6.45) is 3.96. The molecular formula is C25H19ClN2O. The molecule has 1 aliphatic heterocycles. The fourth-order valence-corrected chi connectivity index (χ4v) is 3.38. The zero-order valence-corrected chi connectivity index (χ0v) is 16.7. The first-order valence-electron chi connectivity index (χ1n) is 9.32. The highest BCUT2D eigenvalue weighted by molar-refractivity contribution is 6.34. The molecule has 0 saturated heterocycles. The molecule has 142 valence electrons. The maximum atomic E-state index is 13.3. The Bertz CT molecular complexity index is 1110. The molecule has 1 aliphatic rings. The Hall–Kier alpha value is -3.43. The van der Waals surface area contributed by atoms with E-state index in [4.69, 9.17) is 11.6 Å². The second kappa shape index (κ2) is 8.29. The number of hydrogen-bond acceptors (Lipinski definition) is 2. The van der Waals surface area contributed by atoms with E-state index in [1.807, 2.05) is 104 Å². The first kappa shape index (κ1) is 18.9. The molecule has 4 heteroatoms. The summed E-state index contributed by atoms with van der Waals surface area (Å²) in [5.74, 6) is -0.131. The van der Waals surface area contributed by atoms with Crippen molar-refractivity contribution in [3.63, 3.8) is 0 Å². The van der Waals surface area contributed by atoms with Gasteiger partial charge in [-0.25, -0.2) is 0 Å². The number of rotatable bonds is 4.